The maximum atomic E-state index is 12.9. The summed E-state index contributed by atoms with van der Waals surface area (Å²) in [5, 5.41) is 14.7. The second-order valence-electron chi connectivity index (χ2n) is 9.43. The van der Waals surface area contributed by atoms with Gasteiger partial charge in [0, 0.05) is 12.5 Å². The van der Waals surface area contributed by atoms with E-state index in [0.717, 1.165) is 28.7 Å². The van der Waals surface area contributed by atoms with E-state index in [2.05, 4.69) is 22.8 Å². The fourth-order valence-electron chi connectivity index (χ4n) is 4.40. The third-order valence-electron chi connectivity index (χ3n) is 6.45. The van der Waals surface area contributed by atoms with E-state index in [4.69, 9.17) is 4.74 Å². The topological polar surface area (TPSA) is 108 Å². The van der Waals surface area contributed by atoms with E-state index in [1.165, 1.54) is 0 Å². The Labute approximate surface area is 206 Å². The third-order valence-corrected chi connectivity index (χ3v) is 6.45. The van der Waals surface area contributed by atoms with Crippen molar-refractivity contribution in [2.45, 2.75) is 44.7 Å². The number of amides is 2. The summed E-state index contributed by atoms with van der Waals surface area (Å²) in [4.78, 5) is 39.0. The van der Waals surface area contributed by atoms with E-state index in [1.54, 1.807) is 19.0 Å². The number of fused-ring (bicyclic) bond motifs is 3. The first-order valence-corrected chi connectivity index (χ1v) is 12.0. The molecular formula is C27H35N3O5. The van der Waals surface area contributed by atoms with E-state index >= 15 is 0 Å². The number of rotatable bonds is 11. The van der Waals surface area contributed by atoms with Crippen LogP contribution in [0, 0.1) is 5.92 Å². The quantitative estimate of drug-likeness (QED) is 0.454. The lowest BCUT2D eigenvalue weighted by Gasteiger charge is -2.25. The highest BCUT2D eigenvalue weighted by atomic mass is 16.5. The van der Waals surface area contributed by atoms with Gasteiger partial charge in [0.15, 0.2) is 0 Å². The fourth-order valence-corrected chi connectivity index (χ4v) is 4.40. The minimum absolute atomic E-state index is 0.0961. The standard InChI is InChI=1S/C27H35N3O5/c1-5-17(2)14-23(26(32)33)28-25(31)24(15-30(3)4)29-27(34)35-16-22-20-12-8-6-10-18(20)19-11-7-9-13-21(19)22/h6-13,17,22-24H,5,14-16H2,1-4H3,(H,28,31)(H,29,34)(H,32,33). The molecule has 0 aliphatic heterocycles. The minimum Gasteiger partial charge on any atom is -0.480 e. The number of nitrogens with zero attached hydrogens (tertiary/aromatic N) is 1. The second kappa shape index (κ2) is 11.8. The highest BCUT2D eigenvalue weighted by Gasteiger charge is 2.31. The summed E-state index contributed by atoms with van der Waals surface area (Å²) >= 11 is 0. The van der Waals surface area contributed by atoms with Gasteiger partial charge in [-0.2, -0.15) is 0 Å². The zero-order valence-electron chi connectivity index (χ0n) is 20.8. The fraction of sp³-hybridized carbons (Fsp3) is 0.444. The van der Waals surface area contributed by atoms with Crippen LogP contribution in [-0.2, 0) is 14.3 Å². The van der Waals surface area contributed by atoms with Gasteiger partial charge in [0.25, 0.3) is 0 Å². The van der Waals surface area contributed by atoms with Gasteiger partial charge in [-0.05, 0) is 48.7 Å². The molecule has 0 fully saturated rings. The Morgan fingerprint density at radius 2 is 1.54 bits per heavy atom. The van der Waals surface area contributed by atoms with Crippen molar-refractivity contribution in [3.63, 3.8) is 0 Å². The largest absolute Gasteiger partial charge is 0.480 e. The molecule has 1 aliphatic rings. The van der Waals surface area contributed by atoms with Crippen molar-refractivity contribution in [3.8, 4) is 11.1 Å². The van der Waals surface area contributed by atoms with Crippen molar-refractivity contribution in [1.29, 1.82) is 0 Å². The molecule has 3 unspecified atom stereocenters. The lowest BCUT2D eigenvalue weighted by atomic mass is 9.98. The predicted octanol–water partition coefficient (Wildman–Crippen LogP) is 3.46. The Balaban J connectivity index is 1.66. The number of carbonyl (C=O) groups excluding carboxylic acids is 2. The Morgan fingerprint density at radius 1 is 0.971 bits per heavy atom. The van der Waals surface area contributed by atoms with Crippen LogP contribution in [0.1, 0.15) is 43.7 Å². The Kier molecular flexibility index (Phi) is 8.87. The molecule has 2 aromatic rings. The van der Waals surface area contributed by atoms with Crippen molar-refractivity contribution in [2.75, 3.05) is 27.2 Å². The van der Waals surface area contributed by atoms with Gasteiger partial charge < -0.3 is 25.4 Å². The summed E-state index contributed by atoms with van der Waals surface area (Å²) in [7, 11) is 3.54. The average molecular weight is 482 g/mol. The first kappa shape index (κ1) is 26.2. The van der Waals surface area contributed by atoms with Crippen LogP contribution in [0.15, 0.2) is 48.5 Å². The summed E-state index contributed by atoms with van der Waals surface area (Å²) in [5.41, 5.74) is 4.45. The second-order valence-corrected chi connectivity index (χ2v) is 9.43. The molecule has 8 heteroatoms. The molecule has 35 heavy (non-hydrogen) atoms. The number of hydrogen-bond donors (Lipinski definition) is 3. The van der Waals surface area contributed by atoms with Crippen molar-refractivity contribution >= 4 is 18.0 Å². The number of carbonyl (C=O) groups is 3. The number of likely N-dealkylation sites (N-methyl/N-ethyl adjacent to an activating group) is 1. The van der Waals surface area contributed by atoms with Crippen molar-refractivity contribution in [2.24, 2.45) is 5.92 Å². The Bertz CT molecular complexity index is 1010. The minimum atomic E-state index is -1.09. The molecule has 0 saturated carbocycles. The van der Waals surface area contributed by atoms with Crippen LogP contribution in [0.25, 0.3) is 11.1 Å². The van der Waals surface area contributed by atoms with E-state index < -0.39 is 30.1 Å². The van der Waals surface area contributed by atoms with Gasteiger partial charge in [-0.15, -0.1) is 0 Å². The Morgan fingerprint density at radius 3 is 2.06 bits per heavy atom. The molecule has 2 amide bonds. The summed E-state index contributed by atoms with van der Waals surface area (Å²) in [5.74, 6) is -1.61. The van der Waals surface area contributed by atoms with Gasteiger partial charge in [0.2, 0.25) is 5.91 Å². The van der Waals surface area contributed by atoms with Crippen molar-refractivity contribution in [1.82, 2.24) is 15.5 Å². The van der Waals surface area contributed by atoms with E-state index in [-0.39, 0.29) is 25.0 Å². The number of benzene rings is 2. The summed E-state index contributed by atoms with van der Waals surface area (Å²) < 4.78 is 5.57. The van der Waals surface area contributed by atoms with Crippen LogP contribution < -0.4 is 10.6 Å². The predicted molar refractivity (Wildman–Crippen MR) is 134 cm³/mol. The average Bonchev–Trinajstić information content (AvgIpc) is 3.15. The molecular weight excluding hydrogens is 446 g/mol. The van der Waals surface area contributed by atoms with Crippen molar-refractivity contribution in [3.05, 3.63) is 59.7 Å². The van der Waals surface area contributed by atoms with Gasteiger partial charge in [-0.3, -0.25) is 4.79 Å². The molecule has 0 saturated heterocycles. The number of ether oxygens (including phenoxy) is 1. The normalized spacial score (nSPS) is 15.0. The SMILES string of the molecule is CCC(C)CC(NC(=O)C(CN(C)C)NC(=O)OCC1c2ccccc2-c2ccccc21)C(=O)O. The molecule has 3 N–H and O–H groups in total. The van der Waals surface area contributed by atoms with Gasteiger partial charge in [-0.1, -0.05) is 68.8 Å². The van der Waals surface area contributed by atoms with Crippen LogP contribution in [0.3, 0.4) is 0 Å². The highest BCUT2D eigenvalue weighted by molar-refractivity contribution is 5.89. The van der Waals surface area contributed by atoms with E-state index in [1.807, 2.05) is 50.2 Å². The number of nitrogens with one attached hydrogen (secondary N) is 2. The van der Waals surface area contributed by atoms with Gasteiger partial charge in [0.05, 0.1) is 0 Å². The number of carboxylic acids is 1. The number of hydrogen-bond acceptors (Lipinski definition) is 5. The molecule has 0 spiro atoms. The molecule has 3 rings (SSSR count). The molecule has 0 radical (unpaired) electrons. The van der Waals surface area contributed by atoms with Crippen LogP contribution in [-0.4, -0.2) is 67.3 Å². The zero-order chi connectivity index (χ0) is 25.5. The maximum Gasteiger partial charge on any atom is 0.407 e. The first-order valence-electron chi connectivity index (χ1n) is 12.0. The zero-order valence-corrected chi connectivity index (χ0v) is 20.8. The highest BCUT2D eigenvalue weighted by Crippen LogP contribution is 2.44. The number of aliphatic carboxylic acids is 1. The van der Waals surface area contributed by atoms with Gasteiger partial charge in [0.1, 0.15) is 18.7 Å². The van der Waals surface area contributed by atoms with Crippen LogP contribution in [0.4, 0.5) is 4.79 Å². The van der Waals surface area contributed by atoms with Gasteiger partial charge in [-0.25, -0.2) is 9.59 Å². The summed E-state index contributed by atoms with van der Waals surface area (Å²) in [6.07, 6.45) is 0.401. The van der Waals surface area contributed by atoms with Crippen LogP contribution >= 0.6 is 0 Å². The van der Waals surface area contributed by atoms with E-state index in [0.29, 0.717) is 6.42 Å². The molecule has 0 bridgehead atoms. The molecule has 1 aliphatic carbocycles. The molecule has 8 nitrogen and oxygen atoms in total. The molecule has 3 atom stereocenters. The summed E-state index contributed by atoms with van der Waals surface area (Å²) in [6.45, 7) is 4.24. The maximum absolute atomic E-state index is 12.9. The van der Waals surface area contributed by atoms with Crippen LogP contribution in [0.2, 0.25) is 0 Å². The van der Waals surface area contributed by atoms with Gasteiger partial charge >= 0.3 is 12.1 Å². The monoisotopic (exact) mass is 481 g/mol. The summed E-state index contributed by atoms with van der Waals surface area (Å²) in [6, 6.07) is 14.1. The molecule has 188 valence electrons. The molecule has 2 aromatic carbocycles. The number of carboxylic acid groups (broad SMARTS) is 1. The number of alkyl carbamates (subject to hydrolysis) is 1. The molecule has 0 aromatic heterocycles. The smallest absolute Gasteiger partial charge is 0.407 e. The third kappa shape index (κ3) is 6.60. The van der Waals surface area contributed by atoms with Crippen molar-refractivity contribution < 1.29 is 24.2 Å². The van der Waals surface area contributed by atoms with E-state index in [9.17, 15) is 19.5 Å². The lowest BCUT2D eigenvalue weighted by Crippen LogP contribution is -2.55. The lowest BCUT2D eigenvalue weighted by molar-refractivity contribution is -0.142. The first-order chi connectivity index (χ1) is 16.7. The molecule has 0 heterocycles. The Hall–Kier alpha value is -3.39. The van der Waals surface area contributed by atoms with Crippen LogP contribution in [0.5, 0.6) is 0 Å².